The molecule has 1 heterocycles. The van der Waals surface area contributed by atoms with E-state index in [-0.39, 0.29) is 27.8 Å². The van der Waals surface area contributed by atoms with Gasteiger partial charge in [0.25, 0.3) is 15.9 Å². The van der Waals surface area contributed by atoms with Crippen molar-refractivity contribution in [2.45, 2.75) is 30.8 Å². The minimum absolute atomic E-state index is 0.0437. The molecule has 2 aromatic rings. The first-order valence-electron chi connectivity index (χ1n) is 9.11. The van der Waals surface area contributed by atoms with Gasteiger partial charge in [0.2, 0.25) is 0 Å². The Hall–Kier alpha value is -2.91. The standard InChI is InChI=1S/C20H22N2O6S/c1-13-8-9-14(20(24)25)11-18(13)29(26,27)22-17-7-3-2-6-16(17)19(23)21-12-15-5-4-10-28-15/h2-3,6-9,11,15,22H,4-5,10,12H2,1H3,(H,21,23)(H,24,25)/p-1/t15-/m1/s1. The second-order valence-electron chi connectivity index (χ2n) is 6.76. The van der Waals surface area contributed by atoms with Crippen LogP contribution in [0.3, 0.4) is 0 Å². The summed E-state index contributed by atoms with van der Waals surface area (Å²) in [6, 6.07) is 9.90. The van der Waals surface area contributed by atoms with Crippen molar-refractivity contribution >= 4 is 27.6 Å². The first-order chi connectivity index (χ1) is 13.8. The molecule has 0 saturated carbocycles. The van der Waals surface area contributed by atoms with Gasteiger partial charge in [0.05, 0.1) is 28.2 Å². The fourth-order valence-corrected chi connectivity index (χ4v) is 4.45. The number of para-hydroxylation sites is 1. The highest BCUT2D eigenvalue weighted by atomic mass is 32.2. The lowest BCUT2D eigenvalue weighted by molar-refractivity contribution is -0.255. The molecular weight excluding hydrogens is 396 g/mol. The highest BCUT2D eigenvalue weighted by Crippen LogP contribution is 2.23. The predicted octanol–water partition coefficient (Wildman–Crippen LogP) is 1.07. The third-order valence-electron chi connectivity index (χ3n) is 4.64. The number of aromatic carboxylic acids is 1. The summed E-state index contributed by atoms with van der Waals surface area (Å²) < 4.78 is 33.6. The molecule has 1 saturated heterocycles. The maximum absolute atomic E-state index is 12.9. The smallest absolute Gasteiger partial charge is 0.262 e. The number of aryl methyl sites for hydroxylation is 1. The maximum Gasteiger partial charge on any atom is 0.262 e. The number of sulfonamides is 1. The number of carbonyl (C=O) groups is 2. The van der Waals surface area contributed by atoms with Gasteiger partial charge in [0, 0.05) is 13.2 Å². The van der Waals surface area contributed by atoms with Crippen LogP contribution in [0.15, 0.2) is 47.4 Å². The summed E-state index contributed by atoms with van der Waals surface area (Å²) in [4.78, 5) is 23.5. The van der Waals surface area contributed by atoms with Crippen LogP contribution in [0.5, 0.6) is 0 Å². The molecule has 3 rings (SSSR count). The van der Waals surface area contributed by atoms with E-state index >= 15 is 0 Å². The molecule has 0 bridgehead atoms. The number of ether oxygens (including phenoxy) is 1. The van der Waals surface area contributed by atoms with E-state index in [2.05, 4.69) is 10.0 Å². The summed E-state index contributed by atoms with van der Waals surface area (Å²) in [5.41, 5.74) is 0.361. The van der Waals surface area contributed by atoms with E-state index < -0.39 is 21.9 Å². The Morgan fingerprint density at radius 1 is 1.21 bits per heavy atom. The van der Waals surface area contributed by atoms with Crippen molar-refractivity contribution in [1.29, 1.82) is 0 Å². The number of amides is 1. The van der Waals surface area contributed by atoms with Crippen LogP contribution in [-0.2, 0) is 14.8 Å². The van der Waals surface area contributed by atoms with Crippen molar-refractivity contribution in [2.75, 3.05) is 17.9 Å². The van der Waals surface area contributed by atoms with Gasteiger partial charge in [-0.25, -0.2) is 8.42 Å². The van der Waals surface area contributed by atoms with Gasteiger partial charge in [0.1, 0.15) is 0 Å². The molecule has 0 aromatic heterocycles. The largest absolute Gasteiger partial charge is 0.545 e. The van der Waals surface area contributed by atoms with Crippen LogP contribution in [-0.4, -0.2) is 39.5 Å². The number of anilines is 1. The summed E-state index contributed by atoms with van der Waals surface area (Å²) in [5, 5.41) is 13.8. The summed E-state index contributed by atoms with van der Waals surface area (Å²) in [6.45, 7) is 2.56. The van der Waals surface area contributed by atoms with Crippen LogP contribution >= 0.6 is 0 Å². The molecular formula is C20H21N2O6S-. The summed E-state index contributed by atoms with van der Waals surface area (Å²) in [6.07, 6.45) is 1.77. The molecule has 2 aromatic carbocycles. The maximum atomic E-state index is 12.9. The van der Waals surface area contributed by atoms with Gasteiger partial charge in [-0.3, -0.25) is 9.52 Å². The third-order valence-corrected chi connectivity index (χ3v) is 6.15. The van der Waals surface area contributed by atoms with Crippen molar-refractivity contribution in [3.63, 3.8) is 0 Å². The topological polar surface area (TPSA) is 125 Å². The molecule has 0 unspecified atom stereocenters. The second kappa shape index (κ2) is 8.62. The fourth-order valence-electron chi connectivity index (χ4n) is 3.09. The SMILES string of the molecule is Cc1ccc(C(=O)[O-])cc1S(=O)(=O)Nc1ccccc1C(=O)NC[C@H]1CCCO1. The van der Waals surface area contributed by atoms with Crippen molar-refractivity contribution in [1.82, 2.24) is 5.32 Å². The molecule has 1 aliphatic rings. The van der Waals surface area contributed by atoms with E-state index in [1.807, 2.05) is 0 Å². The number of carboxylic acid groups (broad SMARTS) is 1. The molecule has 0 spiro atoms. The van der Waals surface area contributed by atoms with E-state index in [9.17, 15) is 23.1 Å². The van der Waals surface area contributed by atoms with Crippen LogP contribution in [0.4, 0.5) is 5.69 Å². The molecule has 2 N–H and O–H groups in total. The van der Waals surface area contributed by atoms with Crippen molar-refractivity contribution in [3.8, 4) is 0 Å². The molecule has 1 fully saturated rings. The molecule has 0 aliphatic carbocycles. The first-order valence-corrected chi connectivity index (χ1v) is 10.6. The number of nitrogens with one attached hydrogen (secondary N) is 2. The molecule has 0 radical (unpaired) electrons. The lowest BCUT2D eigenvalue weighted by Crippen LogP contribution is -2.32. The molecule has 1 aliphatic heterocycles. The van der Waals surface area contributed by atoms with Gasteiger partial charge in [-0.05, 0) is 49.1 Å². The zero-order valence-electron chi connectivity index (χ0n) is 15.8. The number of hydrogen-bond donors (Lipinski definition) is 2. The number of carbonyl (C=O) groups excluding carboxylic acids is 2. The van der Waals surface area contributed by atoms with Crippen LogP contribution in [0.2, 0.25) is 0 Å². The van der Waals surface area contributed by atoms with Gasteiger partial charge < -0.3 is 20.0 Å². The average molecular weight is 417 g/mol. The Kier molecular flexibility index (Phi) is 6.19. The number of benzene rings is 2. The Morgan fingerprint density at radius 2 is 1.97 bits per heavy atom. The third kappa shape index (κ3) is 4.93. The van der Waals surface area contributed by atoms with Crippen LogP contribution < -0.4 is 15.1 Å². The van der Waals surface area contributed by atoms with Crippen molar-refractivity contribution in [3.05, 3.63) is 59.2 Å². The number of carboxylic acids is 1. The second-order valence-corrected chi connectivity index (χ2v) is 8.41. The Bertz CT molecular complexity index is 1030. The van der Waals surface area contributed by atoms with E-state index in [0.29, 0.717) is 18.7 Å². The zero-order valence-corrected chi connectivity index (χ0v) is 16.6. The minimum Gasteiger partial charge on any atom is -0.545 e. The molecule has 29 heavy (non-hydrogen) atoms. The van der Waals surface area contributed by atoms with E-state index in [4.69, 9.17) is 4.74 Å². The summed E-state index contributed by atoms with van der Waals surface area (Å²) >= 11 is 0. The van der Waals surface area contributed by atoms with Gasteiger partial charge in [-0.2, -0.15) is 0 Å². The molecule has 154 valence electrons. The van der Waals surface area contributed by atoms with Crippen LogP contribution in [0, 0.1) is 6.92 Å². The Labute approximate surface area is 168 Å². The highest BCUT2D eigenvalue weighted by molar-refractivity contribution is 7.92. The summed E-state index contributed by atoms with van der Waals surface area (Å²) in [5.74, 6) is -1.91. The van der Waals surface area contributed by atoms with E-state index in [1.54, 1.807) is 19.1 Å². The van der Waals surface area contributed by atoms with E-state index in [1.165, 1.54) is 24.3 Å². The van der Waals surface area contributed by atoms with Gasteiger partial charge in [-0.1, -0.05) is 24.3 Å². The number of rotatable bonds is 7. The Morgan fingerprint density at radius 3 is 2.66 bits per heavy atom. The zero-order chi connectivity index (χ0) is 21.0. The van der Waals surface area contributed by atoms with Gasteiger partial charge in [-0.15, -0.1) is 0 Å². The molecule has 1 atom stereocenters. The van der Waals surface area contributed by atoms with Crippen LogP contribution in [0.1, 0.15) is 39.1 Å². The Balaban J connectivity index is 1.83. The fraction of sp³-hybridized carbons (Fsp3) is 0.300. The van der Waals surface area contributed by atoms with Gasteiger partial charge >= 0.3 is 0 Å². The van der Waals surface area contributed by atoms with Crippen molar-refractivity contribution in [2.24, 2.45) is 0 Å². The molecule has 9 heteroatoms. The monoisotopic (exact) mass is 417 g/mol. The normalized spacial score (nSPS) is 16.4. The quantitative estimate of drug-likeness (QED) is 0.694. The van der Waals surface area contributed by atoms with Crippen LogP contribution in [0.25, 0.3) is 0 Å². The lowest BCUT2D eigenvalue weighted by Gasteiger charge is -2.16. The highest BCUT2D eigenvalue weighted by Gasteiger charge is 2.22. The average Bonchev–Trinajstić information content (AvgIpc) is 3.20. The van der Waals surface area contributed by atoms with Crippen molar-refractivity contribution < 1.29 is 27.9 Å². The minimum atomic E-state index is -4.13. The summed E-state index contributed by atoms with van der Waals surface area (Å²) in [7, 11) is -4.13. The molecule has 8 nitrogen and oxygen atoms in total. The predicted molar refractivity (Wildman–Crippen MR) is 104 cm³/mol. The van der Waals surface area contributed by atoms with E-state index in [0.717, 1.165) is 18.9 Å². The molecule has 1 amide bonds. The van der Waals surface area contributed by atoms with Gasteiger partial charge in [0.15, 0.2) is 0 Å². The lowest BCUT2D eigenvalue weighted by atomic mass is 10.1. The number of hydrogen-bond acceptors (Lipinski definition) is 6. The first kappa shape index (κ1) is 20.8.